The molecule has 11 heteroatoms. The van der Waals surface area contributed by atoms with E-state index in [9.17, 15) is 29.1 Å². The summed E-state index contributed by atoms with van der Waals surface area (Å²) in [7, 11) is 0. The summed E-state index contributed by atoms with van der Waals surface area (Å²) in [5, 5.41) is 10.6. The largest absolute Gasteiger partial charge is 0.462 e. The van der Waals surface area contributed by atoms with Crippen LogP contribution in [0.15, 0.2) is 0 Å². The fourth-order valence-electron chi connectivity index (χ4n) is 17.4. The van der Waals surface area contributed by atoms with Gasteiger partial charge in [-0.2, -0.15) is 0 Å². The van der Waals surface area contributed by atoms with Gasteiger partial charge in [0.15, 0.2) is 0 Å². The number of hydrogen-bond donors (Lipinski definition) is 1. The second kappa shape index (κ2) is 23.6. The van der Waals surface area contributed by atoms with Crippen molar-refractivity contribution in [1.82, 2.24) is 0 Å². The molecule has 13 fully saturated rings. The first kappa shape index (κ1) is 60.0. The Bertz CT molecular complexity index is 1960. The summed E-state index contributed by atoms with van der Waals surface area (Å²) in [6.45, 7) is 24.1. The summed E-state index contributed by atoms with van der Waals surface area (Å²) < 4.78 is 29.0. The van der Waals surface area contributed by atoms with Gasteiger partial charge in [0, 0.05) is 12.3 Å². The zero-order chi connectivity index (χ0) is 53.7. The molecule has 1 aliphatic heterocycles. The number of carbonyl (C=O) groups excluding carboxylic acids is 5. The smallest absolute Gasteiger partial charge is 0.312 e. The number of carbonyl (C=O) groups is 5. The van der Waals surface area contributed by atoms with Crippen molar-refractivity contribution in [3.05, 3.63) is 0 Å². The molecule has 428 valence electrons. The highest BCUT2D eigenvalue weighted by atomic mass is 16.6. The lowest BCUT2D eigenvalue weighted by atomic mass is 9.49. The summed E-state index contributed by atoms with van der Waals surface area (Å²) in [6.07, 6.45) is 25.8. The van der Waals surface area contributed by atoms with Crippen molar-refractivity contribution in [2.45, 2.75) is 280 Å². The van der Waals surface area contributed by atoms with E-state index in [0.717, 1.165) is 113 Å². The van der Waals surface area contributed by atoms with Crippen LogP contribution in [-0.4, -0.2) is 70.1 Å². The second-order valence-electron chi connectivity index (χ2n) is 28.3. The lowest BCUT2D eigenvalue weighted by molar-refractivity contribution is -0.222. The number of esters is 5. The minimum absolute atomic E-state index is 0. The Morgan fingerprint density at radius 2 is 1.20 bits per heavy atom. The monoisotopic (exact) mass is 1050 g/mol. The standard InChI is InChI=1S/C18H30O2.C16H26O2.C15H24O3.C14H22O4.CH4/c1-5-17(3,4)16(19)20-18(6-2)14-8-12-7-13(10-14)11-15(18)9-12;1-4-16(2,3)15(17)18-14-9-10-8-13(14)12-7-5-6-11(10)12;1-3-10(2)13(16)18-15-7-11-4-12(8-15)6-14(17,5-11)9-15;1-4-8(2)13(15)18-12-10-5-6-11(12)17-14(16)9(3)7-10;/h12-15H,5-11H2,1-4H3;10-14H,4-9H2,1-3H3;10-12,17H,3-9H2,1-2H3;8-12H,4-7H2,1-3H3;1H4. The van der Waals surface area contributed by atoms with E-state index in [2.05, 4.69) is 20.8 Å². The van der Waals surface area contributed by atoms with E-state index in [1.807, 2.05) is 62.3 Å². The van der Waals surface area contributed by atoms with Gasteiger partial charge in [0.05, 0.1) is 34.2 Å². The highest BCUT2D eigenvalue weighted by molar-refractivity contribution is 5.77. The van der Waals surface area contributed by atoms with Gasteiger partial charge < -0.3 is 28.8 Å². The summed E-state index contributed by atoms with van der Waals surface area (Å²) in [6, 6.07) is 0. The van der Waals surface area contributed by atoms with Crippen molar-refractivity contribution in [3.63, 3.8) is 0 Å². The highest BCUT2D eigenvalue weighted by Gasteiger charge is 2.61. The van der Waals surface area contributed by atoms with Crippen LogP contribution >= 0.6 is 0 Å². The molecule has 1 N–H and O–H groups in total. The Balaban J connectivity index is 0.000000145. The number of ether oxygens (including phenoxy) is 5. The molecule has 75 heavy (non-hydrogen) atoms. The molecule has 13 atom stereocenters. The van der Waals surface area contributed by atoms with Gasteiger partial charge in [-0.1, -0.05) is 69.2 Å². The van der Waals surface area contributed by atoms with Crippen molar-refractivity contribution in [1.29, 1.82) is 0 Å². The van der Waals surface area contributed by atoms with Crippen LogP contribution in [0.5, 0.6) is 0 Å². The molecule has 12 aliphatic carbocycles. The molecule has 13 unspecified atom stereocenters. The first-order valence-electron chi connectivity index (χ1n) is 30.7. The summed E-state index contributed by atoms with van der Waals surface area (Å²) >= 11 is 0. The molecule has 13 aliphatic rings. The average Bonchev–Trinajstić information content (AvgIpc) is 4.15. The van der Waals surface area contributed by atoms with Gasteiger partial charge in [0.2, 0.25) is 0 Å². The predicted molar refractivity (Wildman–Crippen MR) is 292 cm³/mol. The predicted octanol–water partition coefficient (Wildman–Crippen LogP) is 14.0. The minimum atomic E-state index is -0.542. The van der Waals surface area contributed by atoms with E-state index in [-0.39, 0.29) is 101 Å². The molecule has 0 spiro atoms. The van der Waals surface area contributed by atoms with Crippen LogP contribution in [0.4, 0.5) is 0 Å². The lowest BCUT2D eigenvalue weighted by Crippen LogP contribution is -2.60. The normalized spacial score (nSPS) is 41.6. The van der Waals surface area contributed by atoms with Crippen LogP contribution in [-0.2, 0) is 47.7 Å². The van der Waals surface area contributed by atoms with Crippen LogP contribution in [0.1, 0.15) is 245 Å². The lowest BCUT2D eigenvalue weighted by Gasteiger charge is -2.60. The van der Waals surface area contributed by atoms with E-state index in [4.69, 9.17) is 23.7 Å². The molecular weight excluding hydrogens is 945 g/mol. The van der Waals surface area contributed by atoms with E-state index >= 15 is 0 Å². The fraction of sp³-hybridized carbons (Fsp3) is 0.922. The van der Waals surface area contributed by atoms with E-state index in [1.54, 1.807) is 0 Å². The first-order valence-corrected chi connectivity index (χ1v) is 30.7. The van der Waals surface area contributed by atoms with Crippen LogP contribution in [0, 0.1) is 93.7 Å². The zero-order valence-corrected chi connectivity index (χ0v) is 48.3. The molecule has 0 amide bonds. The Kier molecular flexibility index (Phi) is 18.8. The van der Waals surface area contributed by atoms with Crippen molar-refractivity contribution in [2.75, 3.05) is 0 Å². The highest BCUT2D eigenvalue weighted by Crippen LogP contribution is 2.62. The molecule has 0 aromatic rings. The van der Waals surface area contributed by atoms with Gasteiger partial charge in [-0.25, -0.2) is 0 Å². The first-order chi connectivity index (χ1) is 34.9. The molecule has 11 nitrogen and oxygen atoms in total. The molecule has 13 rings (SSSR count). The summed E-state index contributed by atoms with van der Waals surface area (Å²) in [4.78, 5) is 60.4. The molecule has 12 saturated carbocycles. The minimum Gasteiger partial charge on any atom is -0.462 e. The number of fused-ring (bicyclic) bond motifs is 7. The molecule has 1 heterocycles. The molecular formula is C64H106O11. The fourth-order valence-corrected chi connectivity index (χ4v) is 17.4. The molecule has 12 bridgehead atoms. The van der Waals surface area contributed by atoms with Crippen LogP contribution in [0.25, 0.3) is 0 Å². The van der Waals surface area contributed by atoms with Crippen LogP contribution in [0.3, 0.4) is 0 Å². The molecule has 0 aromatic heterocycles. The Labute approximate surface area is 454 Å². The maximum Gasteiger partial charge on any atom is 0.312 e. The Morgan fingerprint density at radius 1 is 0.640 bits per heavy atom. The van der Waals surface area contributed by atoms with Crippen LogP contribution in [0.2, 0.25) is 0 Å². The Hall–Kier alpha value is -2.69. The third-order valence-electron chi connectivity index (χ3n) is 22.4. The maximum absolute atomic E-state index is 12.6. The van der Waals surface area contributed by atoms with Gasteiger partial charge in [-0.05, 0) is 228 Å². The van der Waals surface area contributed by atoms with Gasteiger partial charge >= 0.3 is 29.8 Å². The summed E-state index contributed by atoms with van der Waals surface area (Å²) in [5.74, 6) is 7.47. The van der Waals surface area contributed by atoms with E-state index < -0.39 is 5.60 Å². The van der Waals surface area contributed by atoms with Gasteiger partial charge in [-0.15, -0.1) is 0 Å². The van der Waals surface area contributed by atoms with Gasteiger partial charge in [0.1, 0.15) is 29.5 Å². The quantitative estimate of drug-likeness (QED) is 0.139. The van der Waals surface area contributed by atoms with Crippen molar-refractivity contribution >= 4 is 29.8 Å². The third-order valence-corrected chi connectivity index (χ3v) is 22.4. The van der Waals surface area contributed by atoms with E-state index in [1.165, 1.54) is 64.2 Å². The van der Waals surface area contributed by atoms with Gasteiger partial charge in [0.25, 0.3) is 0 Å². The van der Waals surface area contributed by atoms with Gasteiger partial charge in [-0.3, -0.25) is 24.0 Å². The SMILES string of the molecule is C.CCC(C)(C)C(=O)OC1(CC)C2CC3CC(C2)CC1C3.CCC(C)(C)C(=O)OC1CC2CC1C1CCCC21.CCC(C)C(=O)OC12CC3CC(CC(O)(C3)C1)C2.CCC(C)C(=O)OC1C2CCC1OC(=O)C(C)C2. The van der Waals surface area contributed by atoms with E-state index in [0.29, 0.717) is 36.0 Å². The van der Waals surface area contributed by atoms with Crippen molar-refractivity contribution < 1.29 is 52.8 Å². The second-order valence-corrected chi connectivity index (χ2v) is 28.3. The average molecular weight is 1050 g/mol. The number of aliphatic hydroxyl groups is 1. The Morgan fingerprint density at radius 3 is 1.76 bits per heavy atom. The zero-order valence-electron chi connectivity index (χ0n) is 48.3. The number of rotatable bonds is 13. The van der Waals surface area contributed by atoms with Crippen molar-refractivity contribution in [2.24, 2.45) is 93.7 Å². The topological polar surface area (TPSA) is 152 Å². The van der Waals surface area contributed by atoms with Crippen molar-refractivity contribution in [3.8, 4) is 0 Å². The molecule has 0 radical (unpaired) electrons. The molecule has 1 saturated heterocycles. The van der Waals surface area contributed by atoms with Crippen LogP contribution < -0.4 is 0 Å². The number of hydrogen-bond acceptors (Lipinski definition) is 11. The summed E-state index contributed by atoms with van der Waals surface area (Å²) in [5.41, 5.74) is -1.65. The molecule has 0 aromatic carbocycles. The third kappa shape index (κ3) is 12.5. The maximum atomic E-state index is 12.6.